The van der Waals surface area contributed by atoms with Crippen LogP contribution in [-0.2, 0) is 33.2 Å². The van der Waals surface area contributed by atoms with E-state index in [-0.39, 0.29) is 13.2 Å². The molecule has 0 unspecified atom stereocenters. The lowest BCUT2D eigenvalue weighted by Gasteiger charge is -2.43. The summed E-state index contributed by atoms with van der Waals surface area (Å²) in [7, 11) is 0. The van der Waals surface area contributed by atoms with E-state index in [4.69, 9.17) is 33.2 Å². The fraction of sp³-hybridized carbons (Fsp3) is 0.905. The highest BCUT2D eigenvalue weighted by Gasteiger charge is 2.60. The summed E-state index contributed by atoms with van der Waals surface area (Å²) >= 11 is 0. The molecule has 4 heterocycles. The van der Waals surface area contributed by atoms with Gasteiger partial charge in [0, 0.05) is 6.54 Å². The molecule has 32 heavy (non-hydrogen) atoms. The van der Waals surface area contributed by atoms with E-state index in [9.17, 15) is 15.3 Å². The largest absolute Gasteiger partial charge is 0.394 e. The Morgan fingerprint density at radius 2 is 1.56 bits per heavy atom. The van der Waals surface area contributed by atoms with Crippen molar-refractivity contribution in [2.24, 2.45) is 0 Å². The zero-order valence-corrected chi connectivity index (χ0v) is 18.9. The van der Waals surface area contributed by atoms with E-state index in [2.05, 4.69) is 11.9 Å². The maximum atomic E-state index is 10.7. The van der Waals surface area contributed by atoms with Crippen molar-refractivity contribution in [2.45, 2.75) is 101 Å². The van der Waals surface area contributed by atoms with Crippen molar-refractivity contribution < 1.29 is 48.5 Å². The highest BCUT2D eigenvalue weighted by atomic mass is 16.9. The van der Waals surface area contributed by atoms with Crippen molar-refractivity contribution >= 4 is 0 Å². The molecule has 184 valence electrons. The molecular weight excluding hydrogens is 426 g/mol. The monoisotopic (exact) mass is 461 g/mol. The van der Waals surface area contributed by atoms with E-state index in [1.807, 2.05) is 27.7 Å². The minimum absolute atomic E-state index is 0.170. The summed E-state index contributed by atoms with van der Waals surface area (Å²) in [6.07, 6.45) is -5.29. The maximum Gasteiger partial charge on any atom is 0.190 e. The highest BCUT2D eigenvalue weighted by molar-refractivity contribution is 5.02. The molecule has 0 aromatic carbocycles. The molecule has 0 aromatic heterocycles. The Morgan fingerprint density at radius 1 is 0.906 bits per heavy atom. The Hall–Kier alpha value is -0.700. The molecule has 11 nitrogen and oxygen atoms in total. The molecule has 11 heteroatoms. The van der Waals surface area contributed by atoms with E-state index in [0.29, 0.717) is 0 Å². The Bertz CT molecular complexity index is 675. The third-order valence-corrected chi connectivity index (χ3v) is 6.06. The van der Waals surface area contributed by atoms with Gasteiger partial charge in [0.2, 0.25) is 0 Å². The molecule has 0 bridgehead atoms. The summed E-state index contributed by atoms with van der Waals surface area (Å²) in [4.78, 5) is 0. The normalized spacial score (nSPS) is 47.1. The van der Waals surface area contributed by atoms with Crippen molar-refractivity contribution in [3.63, 3.8) is 0 Å². The maximum absolute atomic E-state index is 10.7. The van der Waals surface area contributed by atoms with Crippen LogP contribution in [0.25, 0.3) is 0 Å². The average Bonchev–Trinajstić information content (AvgIpc) is 3.21. The second-order valence-corrected chi connectivity index (χ2v) is 9.47. The Morgan fingerprint density at radius 3 is 2.25 bits per heavy atom. The first kappa shape index (κ1) is 24.4. The summed E-state index contributed by atoms with van der Waals surface area (Å²) in [6.45, 7) is 10.8. The zero-order chi connectivity index (χ0) is 23.3. The number of aliphatic hydroxyl groups is 3. The summed E-state index contributed by atoms with van der Waals surface area (Å²) in [6, 6.07) is -0.792. The number of hydrogen-bond donors (Lipinski definition) is 4. The molecular formula is C21H35NO10. The van der Waals surface area contributed by atoms with Crippen LogP contribution in [0.2, 0.25) is 0 Å². The van der Waals surface area contributed by atoms with Crippen LogP contribution in [0.4, 0.5) is 0 Å². The summed E-state index contributed by atoms with van der Waals surface area (Å²) in [5.41, 5.74) is 0. The van der Waals surface area contributed by atoms with Crippen LogP contribution in [0.15, 0.2) is 12.7 Å². The second kappa shape index (κ2) is 9.16. The van der Waals surface area contributed by atoms with Gasteiger partial charge in [0.15, 0.2) is 24.2 Å². The predicted molar refractivity (Wildman–Crippen MR) is 108 cm³/mol. The molecule has 4 saturated heterocycles. The van der Waals surface area contributed by atoms with Crippen molar-refractivity contribution in [2.75, 3.05) is 19.8 Å². The number of nitrogens with one attached hydrogen (secondary N) is 1. The van der Waals surface area contributed by atoms with Gasteiger partial charge in [0.1, 0.15) is 42.7 Å². The third kappa shape index (κ3) is 4.75. The van der Waals surface area contributed by atoms with Gasteiger partial charge in [-0.1, -0.05) is 6.08 Å². The van der Waals surface area contributed by atoms with E-state index in [1.165, 1.54) is 0 Å². The zero-order valence-electron chi connectivity index (χ0n) is 18.9. The summed E-state index contributed by atoms with van der Waals surface area (Å²) in [5.74, 6) is -1.64. The SMILES string of the molecule is C=CCO[C@H]1O[C@H](CO)[C@@H](O)[C@H](O)[C@H]1NC[C@H]1O[C@@H]2OC(C)(C)O[C@@H]2[C@H]2OC(C)(C)O[C@H]21. The topological polar surface area (TPSA) is 137 Å². The van der Waals surface area contributed by atoms with Gasteiger partial charge in [-0.25, -0.2) is 0 Å². The van der Waals surface area contributed by atoms with Gasteiger partial charge < -0.3 is 53.8 Å². The van der Waals surface area contributed by atoms with Crippen LogP contribution in [-0.4, -0.2) is 108 Å². The second-order valence-electron chi connectivity index (χ2n) is 9.47. The standard InChI is InChI=1S/C21H35NO10/c1-6-7-26-18-12(14(25)13(24)11(9-23)28-18)22-8-10-15-16(30-20(2,3)29-15)17-19(27-10)32-21(4,5)31-17/h6,10-19,22-25H,1,7-9H2,2-5H3/t10-,11-,12-,13-,14-,15+,16+,17-,18+,19-/m1/s1. The van der Waals surface area contributed by atoms with Crippen LogP contribution < -0.4 is 5.32 Å². The van der Waals surface area contributed by atoms with Gasteiger partial charge in [-0.15, -0.1) is 6.58 Å². The average molecular weight is 462 g/mol. The van der Waals surface area contributed by atoms with Crippen LogP contribution in [0.1, 0.15) is 27.7 Å². The van der Waals surface area contributed by atoms with E-state index >= 15 is 0 Å². The lowest BCUT2D eigenvalue weighted by atomic mass is 9.95. The van der Waals surface area contributed by atoms with Crippen LogP contribution in [0, 0.1) is 0 Å². The summed E-state index contributed by atoms with van der Waals surface area (Å²) < 4.78 is 41.6. The van der Waals surface area contributed by atoms with Crippen LogP contribution in [0.3, 0.4) is 0 Å². The molecule has 4 rings (SSSR count). The number of rotatable bonds is 7. The Labute approximate surface area is 187 Å². The van der Waals surface area contributed by atoms with Crippen molar-refractivity contribution in [1.29, 1.82) is 0 Å². The fourth-order valence-electron chi connectivity index (χ4n) is 4.71. The molecule has 0 amide bonds. The van der Waals surface area contributed by atoms with Gasteiger partial charge in [0.05, 0.1) is 19.3 Å². The van der Waals surface area contributed by atoms with Crippen LogP contribution >= 0.6 is 0 Å². The highest BCUT2D eigenvalue weighted by Crippen LogP contribution is 2.44. The van der Waals surface area contributed by atoms with Gasteiger partial charge in [-0.2, -0.15) is 0 Å². The Balaban J connectivity index is 1.48. The molecule has 0 aromatic rings. The van der Waals surface area contributed by atoms with Crippen LogP contribution in [0.5, 0.6) is 0 Å². The van der Waals surface area contributed by atoms with Crippen molar-refractivity contribution in [3.8, 4) is 0 Å². The van der Waals surface area contributed by atoms with E-state index in [1.54, 1.807) is 6.08 Å². The van der Waals surface area contributed by atoms with Gasteiger partial charge in [-0.3, -0.25) is 0 Å². The minimum Gasteiger partial charge on any atom is -0.394 e. The van der Waals surface area contributed by atoms with Gasteiger partial charge in [-0.05, 0) is 27.7 Å². The third-order valence-electron chi connectivity index (χ3n) is 6.06. The molecule has 10 atom stereocenters. The van der Waals surface area contributed by atoms with Gasteiger partial charge >= 0.3 is 0 Å². The Kier molecular flexibility index (Phi) is 6.99. The molecule has 4 N–H and O–H groups in total. The minimum atomic E-state index is -1.29. The number of hydrogen-bond acceptors (Lipinski definition) is 11. The number of fused-ring (bicyclic) bond motifs is 3. The van der Waals surface area contributed by atoms with E-state index in [0.717, 1.165) is 0 Å². The summed E-state index contributed by atoms with van der Waals surface area (Å²) in [5, 5.41) is 33.6. The molecule has 0 saturated carbocycles. The lowest BCUT2D eigenvalue weighted by molar-refractivity contribution is -0.271. The first-order chi connectivity index (χ1) is 15.0. The fourth-order valence-corrected chi connectivity index (χ4v) is 4.71. The lowest BCUT2D eigenvalue weighted by Crippen LogP contribution is -2.66. The molecule has 4 aliphatic rings. The van der Waals surface area contributed by atoms with E-state index < -0.39 is 79.5 Å². The van der Waals surface area contributed by atoms with Crippen molar-refractivity contribution in [1.82, 2.24) is 5.32 Å². The quantitative estimate of drug-likeness (QED) is 0.347. The number of aliphatic hydroxyl groups excluding tert-OH is 3. The molecule has 0 aliphatic carbocycles. The first-order valence-electron chi connectivity index (χ1n) is 11.0. The molecule has 4 aliphatic heterocycles. The molecule has 4 fully saturated rings. The molecule has 0 spiro atoms. The first-order valence-corrected chi connectivity index (χ1v) is 11.0. The predicted octanol–water partition coefficient (Wildman–Crippen LogP) is -1.02. The number of ether oxygens (including phenoxy) is 7. The smallest absolute Gasteiger partial charge is 0.190 e. The molecule has 0 radical (unpaired) electrons. The van der Waals surface area contributed by atoms with Gasteiger partial charge in [0.25, 0.3) is 0 Å². The van der Waals surface area contributed by atoms with Crippen molar-refractivity contribution in [3.05, 3.63) is 12.7 Å².